The van der Waals surface area contributed by atoms with E-state index in [4.69, 9.17) is 4.74 Å². The smallest absolute Gasteiger partial charge is 0.144 e. The number of ether oxygens (including phenoxy) is 1. The highest BCUT2D eigenvalue weighted by atomic mass is 32.2. The van der Waals surface area contributed by atoms with Crippen LogP contribution in [0.15, 0.2) is 0 Å². The van der Waals surface area contributed by atoms with E-state index in [-0.39, 0.29) is 0 Å². The van der Waals surface area contributed by atoms with E-state index in [0.29, 0.717) is 0 Å². The van der Waals surface area contributed by atoms with E-state index < -0.39 is 9.84 Å². The topological polar surface area (TPSA) is 43.4 Å². The molecular weight excluding hydrogens is 152 g/mol. The van der Waals surface area contributed by atoms with Crippen LogP contribution in [0, 0.1) is 0 Å². The molecule has 0 atom stereocenters. The van der Waals surface area contributed by atoms with E-state index in [2.05, 4.69) is 0 Å². The monoisotopic (exact) mass is 168 g/mol. The average Bonchev–Trinajstić information content (AvgIpc) is 1.63. The summed E-state index contributed by atoms with van der Waals surface area (Å²) in [6, 6.07) is 0. The predicted molar refractivity (Wildman–Crippen MR) is 42.9 cm³/mol. The van der Waals surface area contributed by atoms with Crippen LogP contribution in [0.1, 0.15) is 13.8 Å². The number of rotatable bonds is 2. The van der Waals surface area contributed by atoms with Gasteiger partial charge in [0.15, 0.2) is 0 Å². The summed E-state index contributed by atoms with van der Waals surface area (Å²) in [7, 11) is -2.67. The highest BCUT2D eigenvalue weighted by Gasteiger charge is 1.79. The molecule has 3 nitrogen and oxygen atoms in total. The van der Waals surface area contributed by atoms with Crippen molar-refractivity contribution in [2.45, 2.75) is 13.8 Å². The second-order valence-electron chi connectivity index (χ2n) is 1.92. The Bertz CT molecular complexity index is 127. The Balaban J connectivity index is 0. The molecule has 0 aromatic carbocycles. The molecular formula is C6H16O3S. The molecule has 0 unspecified atom stereocenters. The Hall–Kier alpha value is -0.0900. The van der Waals surface area contributed by atoms with Crippen LogP contribution in [-0.2, 0) is 14.6 Å². The van der Waals surface area contributed by atoms with Crippen LogP contribution in [-0.4, -0.2) is 34.1 Å². The third kappa shape index (κ3) is 104. The fraction of sp³-hybridized carbons (Fsp3) is 1.00. The van der Waals surface area contributed by atoms with E-state index in [1.807, 2.05) is 13.8 Å². The Morgan fingerprint density at radius 3 is 1.30 bits per heavy atom. The van der Waals surface area contributed by atoms with E-state index in [1.54, 1.807) is 0 Å². The van der Waals surface area contributed by atoms with Crippen LogP contribution in [0.3, 0.4) is 0 Å². The van der Waals surface area contributed by atoms with Gasteiger partial charge in [-0.25, -0.2) is 8.42 Å². The first kappa shape index (κ1) is 12.6. The maximum Gasteiger partial charge on any atom is 0.144 e. The number of hydrogen-bond acceptors (Lipinski definition) is 3. The minimum atomic E-state index is -2.67. The van der Waals surface area contributed by atoms with Gasteiger partial charge in [-0.05, 0) is 13.8 Å². The Labute approximate surface area is 63.3 Å². The lowest BCUT2D eigenvalue weighted by Crippen LogP contribution is -1.86. The molecule has 64 valence electrons. The standard InChI is InChI=1S/C4H10O.C2H6O2S/c1-3-5-4-2;1-5(2,3)4/h3-4H2,1-2H3;1-2H3. The van der Waals surface area contributed by atoms with Crippen molar-refractivity contribution in [2.75, 3.05) is 25.7 Å². The molecule has 0 spiro atoms. The van der Waals surface area contributed by atoms with Gasteiger partial charge in [-0.3, -0.25) is 0 Å². The summed E-state index contributed by atoms with van der Waals surface area (Å²) in [4.78, 5) is 0. The van der Waals surface area contributed by atoms with Gasteiger partial charge in [0.1, 0.15) is 9.84 Å². The molecule has 0 saturated heterocycles. The van der Waals surface area contributed by atoms with Crippen molar-refractivity contribution in [1.82, 2.24) is 0 Å². The maximum atomic E-state index is 9.63. The van der Waals surface area contributed by atoms with E-state index >= 15 is 0 Å². The fourth-order valence-electron chi connectivity index (χ4n) is 0.204. The molecule has 0 amide bonds. The van der Waals surface area contributed by atoms with Crippen molar-refractivity contribution in [1.29, 1.82) is 0 Å². The first-order valence-corrected chi connectivity index (χ1v) is 5.44. The molecule has 0 fully saturated rings. The second kappa shape index (κ2) is 7.02. The molecule has 0 aromatic rings. The van der Waals surface area contributed by atoms with Crippen LogP contribution in [0.5, 0.6) is 0 Å². The predicted octanol–water partition coefficient (Wildman–Crippen LogP) is 0.704. The summed E-state index contributed by atoms with van der Waals surface area (Å²) >= 11 is 0. The average molecular weight is 168 g/mol. The summed E-state index contributed by atoms with van der Waals surface area (Å²) in [6.07, 6.45) is 2.32. The van der Waals surface area contributed by atoms with Crippen LogP contribution >= 0.6 is 0 Å². The Morgan fingerprint density at radius 1 is 1.10 bits per heavy atom. The number of sulfone groups is 1. The largest absolute Gasteiger partial charge is 0.382 e. The normalized spacial score (nSPS) is 10.0. The SMILES string of the molecule is CCOCC.CS(C)(=O)=O. The third-order valence-corrected chi connectivity index (χ3v) is 0.408. The molecule has 0 aliphatic rings. The summed E-state index contributed by atoms with van der Waals surface area (Å²) < 4.78 is 24.1. The zero-order valence-electron chi connectivity index (χ0n) is 7.05. The maximum absolute atomic E-state index is 9.63. The lowest BCUT2D eigenvalue weighted by atomic mass is 10.8. The van der Waals surface area contributed by atoms with Gasteiger partial charge < -0.3 is 4.74 Å². The zero-order valence-corrected chi connectivity index (χ0v) is 7.86. The highest BCUT2D eigenvalue weighted by Crippen LogP contribution is 1.64. The van der Waals surface area contributed by atoms with Gasteiger partial charge >= 0.3 is 0 Å². The first-order chi connectivity index (χ1) is 4.41. The lowest BCUT2D eigenvalue weighted by molar-refractivity contribution is 0.162. The highest BCUT2D eigenvalue weighted by molar-refractivity contribution is 7.89. The molecule has 0 aliphatic carbocycles. The van der Waals surface area contributed by atoms with Gasteiger partial charge in [0.05, 0.1) is 0 Å². The molecule has 4 heteroatoms. The third-order valence-electron chi connectivity index (χ3n) is 0.408. The molecule has 0 saturated carbocycles. The lowest BCUT2D eigenvalue weighted by Gasteiger charge is -1.86. The van der Waals surface area contributed by atoms with Crippen molar-refractivity contribution >= 4 is 9.84 Å². The molecule has 0 N–H and O–H groups in total. The summed E-state index contributed by atoms with van der Waals surface area (Å²) in [5.41, 5.74) is 0. The van der Waals surface area contributed by atoms with Crippen LogP contribution in [0.2, 0.25) is 0 Å². The second-order valence-corrected chi connectivity index (χ2v) is 4.21. The van der Waals surface area contributed by atoms with E-state index in [0.717, 1.165) is 25.7 Å². The van der Waals surface area contributed by atoms with Crippen LogP contribution in [0.25, 0.3) is 0 Å². The molecule has 0 aliphatic heterocycles. The minimum Gasteiger partial charge on any atom is -0.382 e. The van der Waals surface area contributed by atoms with Gasteiger partial charge in [-0.2, -0.15) is 0 Å². The molecule has 10 heavy (non-hydrogen) atoms. The van der Waals surface area contributed by atoms with Crippen LogP contribution in [0.4, 0.5) is 0 Å². The van der Waals surface area contributed by atoms with Crippen LogP contribution < -0.4 is 0 Å². The van der Waals surface area contributed by atoms with Crippen molar-refractivity contribution in [3.63, 3.8) is 0 Å². The first-order valence-electron chi connectivity index (χ1n) is 3.14. The van der Waals surface area contributed by atoms with E-state index in [9.17, 15) is 8.42 Å². The molecule has 0 radical (unpaired) electrons. The quantitative estimate of drug-likeness (QED) is 0.609. The Kier molecular flexibility index (Phi) is 8.83. The Morgan fingerprint density at radius 2 is 1.30 bits per heavy atom. The van der Waals surface area contributed by atoms with Crippen molar-refractivity contribution in [3.8, 4) is 0 Å². The molecule has 0 rings (SSSR count). The summed E-state index contributed by atoms with van der Waals surface area (Å²) in [5.74, 6) is 0. The summed E-state index contributed by atoms with van der Waals surface area (Å²) in [5, 5.41) is 0. The van der Waals surface area contributed by atoms with Gasteiger partial charge in [0.25, 0.3) is 0 Å². The minimum absolute atomic E-state index is 0.844. The van der Waals surface area contributed by atoms with Gasteiger partial charge in [-0.15, -0.1) is 0 Å². The van der Waals surface area contributed by atoms with E-state index in [1.165, 1.54) is 0 Å². The zero-order chi connectivity index (χ0) is 8.62. The molecule has 0 heterocycles. The van der Waals surface area contributed by atoms with Gasteiger partial charge in [0.2, 0.25) is 0 Å². The van der Waals surface area contributed by atoms with Crippen molar-refractivity contribution < 1.29 is 13.2 Å². The number of hydrogen-bond donors (Lipinski definition) is 0. The van der Waals surface area contributed by atoms with Crippen molar-refractivity contribution in [3.05, 3.63) is 0 Å². The van der Waals surface area contributed by atoms with Crippen molar-refractivity contribution in [2.24, 2.45) is 0 Å². The van der Waals surface area contributed by atoms with Gasteiger partial charge in [-0.1, -0.05) is 0 Å². The fourth-order valence-corrected chi connectivity index (χ4v) is 0.204. The summed E-state index contributed by atoms with van der Waals surface area (Å²) in [6.45, 7) is 5.67. The van der Waals surface area contributed by atoms with Gasteiger partial charge in [0, 0.05) is 25.7 Å². The molecule has 0 aromatic heterocycles. The molecule has 0 bridgehead atoms.